The molecule has 1 N–H and O–H groups in total. The standard InChI is InChI=1S/C24H20ClFN2O3S/c25-21-10-3-1-7-18(21)13-27-24(29)15-28-14-23(20-9-2-4-11-22(20)28)32(30,31)16-17-6-5-8-19(26)12-17/h1-12,14H,13,15-16H2,(H,27,29). The topological polar surface area (TPSA) is 68.2 Å². The Morgan fingerprint density at radius 3 is 2.53 bits per heavy atom. The van der Waals surface area contributed by atoms with Crippen LogP contribution >= 0.6 is 11.6 Å². The number of hydrogen-bond acceptors (Lipinski definition) is 3. The molecule has 1 amide bonds. The van der Waals surface area contributed by atoms with Crippen LogP contribution in [0.1, 0.15) is 11.1 Å². The van der Waals surface area contributed by atoms with Crippen LogP contribution in [0.2, 0.25) is 5.02 Å². The van der Waals surface area contributed by atoms with Crippen molar-refractivity contribution in [3.8, 4) is 0 Å². The molecule has 0 spiro atoms. The van der Waals surface area contributed by atoms with Gasteiger partial charge >= 0.3 is 0 Å². The average Bonchev–Trinajstić information content (AvgIpc) is 3.12. The van der Waals surface area contributed by atoms with Gasteiger partial charge in [-0.1, -0.05) is 60.1 Å². The Hall–Kier alpha value is -3.16. The second kappa shape index (κ2) is 9.14. The number of nitrogens with one attached hydrogen (secondary N) is 1. The highest BCUT2D eigenvalue weighted by Crippen LogP contribution is 2.28. The predicted octanol–water partition coefficient (Wildman–Crippen LogP) is 4.72. The molecule has 0 aliphatic carbocycles. The molecule has 4 rings (SSSR count). The van der Waals surface area contributed by atoms with Crippen LogP contribution in [0, 0.1) is 5.82 Å². The van der Waals surface area contributed by atoms with Crippen LogP contribution in [0.25, 0.3) is 10.9 Å². The van der Waals surface area contributed by atoms with Crippen molar-refractivity contribution in [1.82, 2.24) is 9.88 Å². The summed E-state index contributed by atoms with van der Waals surface area (Å²) in [7, 11) is -3.77. The van der Waals surface area contributed by atoms with Crippen molar-refractivity contribution in [3.05, 3.63) is 101 Å². The number of para-hydroxylation sites is 1. The molecular formula is C24H20ClFN2O3S. The van der Waals surface area contributed by atoms with E-state index >= 15 is 0 Å². The van der Waals surface area contributed by atoms with Gasteiger partial charge in [0, 0.05) is 28.7 Å². The summed E-state index contributed by atoms with van der Waals surface area (Å²) in [5.41, 5.74) is 1.77. The third-order valence-corrected chi connectivity index (χ3v) is 7.16. The van der Waals surface area contributed by atoms with E-state index in [1.807, 2.05) is 18.2 Å². The maximum atomic E-state index is 13.5. The lowest BCUT2D eigenvalue weighted by Gasteiger charge is -2.08. The monoisotopic (exact) mass is 470 g/mol. The minimum atomic E-state index is -3.77. The summed E-state index contributed by atoms with van der Waals surface area (Å²) in [4.78, 5) is 12.7. The van der Waals surface area contributed by atoms with E-state index in [1.54, 1.807) is 41.0 Å². The van der Waals surface area contributed by atoms with Crippen LogP contribution in [-0.2, 0) is 33.5 Å². The zero-order valence-electron chi connectivity index (χ0n) is 17.0. The van der Waals surface area contributed by atoms with Crippen LogP contribution in [0.5, 0.6) is 0 Å². The first-order valence-corrected chi connectivity index (χ1v) is 11.9. The zero-order valence-corrected chi connectivity index (χ0v) is 18.5. The molecule has 1 aromatic heterocycles. The molecule has 0 unspecified atom stereocenters. The fraction of sp³-hybridized carbons (Fsp3) is 0.125. The number of fused-ring (bicyclic) bond motifs is 1. The quantitative estimate of drug-likeness (QED) is 0.425. The summed E-state index contributed by atoms with van der Waals surface area (Å²) in [5, 5.41) is 3.89. The lowest BCUT2D eigenvalue weighted by molar-refractivity contribution is -0.121. The molecule has 0 fully saturated rings. The van der Waals surface area contributed by atoms with Crippen LogP contribution in [0.3, 0.4) is 0 Å². The lowest BCUT2D eigenvalue weighted by Crippen LogP contribution is -2.27. The molecule has 0 saturated heterocycles. The van der Waals surface area contributed by atoms with Crippen molar-refractivity contribution < 1.29 is 17.6 Å². The van der Waals surface area contributed by atoms with Gasteiger partial charge in [0.2, 0.25) is 5.91 Å². The number of nitrogens with zero attached hydrogens (tertiary/aromatic N) is 1. The normalized spacial score (nSPS) is 11.6. The lowest BCUT2D eigenvalue weighted by atomic mass is 10.2. The van der Waals surface area contributed by atoms with E-state index in [-0.39, 0.29) is 29.6 Å². The van der Waals surface area contributed by atoms with Gasteiger partial charge in [-0.2, -0.15) is 0 Å². The molecule has 1 heterocycles. The smallest absolute Gasteiger partial charge is 0.240 e. The Morgan fingerprint density at radius 1 is 1.00 bits per heavy atom. The van der Waals surface area contributed by atoms with Gasteiger partial charge in [-0.3, -0.25) is 4.79 Å². The van der Waals surface area contributed by atoms with Gasteiger partial charge in [-0.25, -0.2) is 12.8 Å². The molecule has 0 aliphatic rings. The van der Waals surface area contributed by atoms with Gasteiger partial charge < -0.3 is 9.88 Å². The molecule has 164 valence electrons. The predicted molar refractivity (Wildman–Crippen MR) is 123 cm³/mol. The second-order valence-electron chi connectivity index (χ2n) is 7.40. The van der Waals surface area contributed by atoms with E-state index in [2.05, 4.69) is 5.32 Å². The first-order valence-electron chi connectivity index (χ1n) is 9.89. The highest BCUT2D eigenvalue weighted by atomic mass is 35.5. The highest BCUT2D eigenvalue weighted by molar-refractivity contribution is 7.90. The van der Waals surface area contributed by atoms with Crippen molar-refractivity contribution in [2.24, 2.45) is 0 Å². The summed E-state index contributed by atoms with van der Waals surface area (Å²) in [5.74, 6) is -1.10. The number of aromatic nitrogens is 1. The fourth-order valence-corrected chi connectivity index (χ4v) is 5.33. The van der Waals surface area contributed by atoms with Gasteiger partial charge in [0.15, 0.2) is 9.84 Å². The molecule has 0 aliphatic heterocycles. The SMILES string of the molecule is O=C(Cn1cc(S(=O)(=O)Cc2cccc(F)c2)c2ccccc21)NCc1ccccc1Cl. The minimum Gasteiger partial charge on any atom is -0.350 e. The minimum absolute atomic E-state index is 0.0551. The molecule has 4 aromatic rings. The van der Waals surface area contributed by atoms with Crippen molar-refractivity contribution in [3.63, 3.8) is 0 Å². The number of benzene rings is 3. The number of rotatable bonds is 7. The third-order valence-electron chi connectivity index (χ3n) is 5.08. The van der Waals surface area contributed by atoms with E-state index < -0.39 is 15.7 Å². The molecule has 32 heavy (non-hydrogen) atoms. The summed E-state index contributed by atoms with van der Waals surface area (Å²) in [6.45, 7) is 0.211. The molecule has 5 nitrogen and oxygen atoms in total. The highest BCUT2D eigenvalue weighted by Gasteiger charge is 2.22. The van der Waals surface area contributed by atoms with Crippen LogP contribution in [-0.4, -0.2) is 18.9 Å². The van der Waals surface area contributed by atoms with Crippen LogP contribution in [0.15, 0.2) is 83.9 Å². The fourth-order valence-electron chi connectivity index (χ4n) is 3.56. The molecule has 8 heteroatoms. The maximum Gasteiger partial charge on any atom is 0.240 e. The Labute approximate surface area is 190 Å². The van der Waals surface area contributed by atoms with Crippen molar-refractivity contribution in [2.45, 2.75) is 23.7 Å². The summed E-state index contributed by atoms with van der Waals surface area (Å²) < 4.78 is 41.4. The van der Waals surface area contributed by atoms with Crippen LogP contribution in [0.4, 0.5) is 4.39 Å². The number of amides is 1. The Morgan fingerprint density at radius 2 is 1.75 bits per heavy atom. The summed E-state index contributed by atoms with van der Waals surface area (Å²) in [6, 6.07) is 19.7. The van der Waals surface area contributed by atoms with E-state index in [0.717, 1.165) is 5.56 Å². The molecule has 3 aromatic carbocycles. The van der Waals surface area contributed by atoms with Gasteiger partial charge in [0.25, 0.3) is 0 Å². The van der Waals surface area contributed by atoms with Gasteiger partial charge in [0.05, 0.1) is 10.6 Å². The third kappa shape index (κ3) is 4.84. The number of sulfone groups is 1. The Bertz CT molecular complexity index is 1400. The second-order valence-corrected chi connectivity index (χ2v) is 9.76. The zero-order chi connectivity index (χ0) is 22.7. The van der Waals surface area contributed by atoms with Crippen LogP contribution < -0.4 is 5.32 Å². The van der Waals surface area contributed by atoms with E-state index in [1.165, 1.54) is 24.4 Å². The molecule has 0 radical (unpaired) electrons. The van der Waals surface area contributed by atoms with E-state index in [9.17, 15) is 17.6 Å². The summed E-state index contributed by atoms with van der Waals surface area (Å²) in [6.07, 6.45) is 1.47. The first kappa shape index (κ1) is 22.0. The summed E-state index contributed by atoms with van der Waals surface area (Å²) >= 11 is 6.13. The van der Waals surface area contributed by atoms with Gasteiger partial charge in [-0.05, 0) is 35.4 Å². The Kier molecular flexibility index (Phi) is 6.30. The Balaban J connectivity index is 1.58. The molecule has 0 bridgehead atoms. The molecular weight excluding hydrogens is 451 g/mol. The van der Waals surface area contributed by atoms with Crippen molar-refractivity contribution >= 4 is 38.2 Å². The maximum absolute atomic E-state index is 13.5. The van der Waals surface area contributed by atoms with Crippen molar-refractivity contribution in [2.75, 3.05) is 0 Å². The number of carbonyl (C=O) groups is 1. The van der Waals surface area contributed by atoms with Gasteiger partial charge in [0.1, 0.15) is 12.4 Å². The van der Waals surface area contributed by atoms with E-state index in [0.29, 0.717) is 21.5 Å². The van der Waals surface area contributed by atoms with E-state index in [4.69, 9.17) is 11.6 Å². The van der Waals surface area contributed by atoms with Crippen molar-refractivity contribution in [1.29, 1.82) is 0 Å². The number of hydrogen-bond donors (Lipinski definition) is 1. The largest absolute Gasteiger partial charge is 0.350 e. The molecule has 0 atom stereocenters. The molecule has 0 saturated carbocycles. The first-order chi connectivity index (χ1) is 15.3. The van der Waals surface area contributed by atoms with Gasteiger partial charge in [-0.15, -0.1) is 0 Å². The number of halogens is 2. The number of carbonyl (C=O) groups excluding carboxylic acids is 1. The average molecular weight is 471 g/mol.